The highest BCUT2D eigenvalue weighted by Gasteiger charge is 2.33. The maximum absolute atomic E-state index is 13.2. The number of hydrogen-bond acceptors (Lipinski definition) is 6. The molecule has 0 spiro atoms. The van der Waals surface area contributed by atoms with E-state index < -0.39 is 28.3 Å². The number of nitrogens with one attached hydrogen (secondary N) is 1. The highest BCUT2D eigenvalue weighted by Crippen LogP contribution is 2.34. The van der Waals surface area contributed by atoms with Crippen LogP contribution >= 0.6 is 0 Å². The minimum Gasteiger partial charge on any atom is -0.497 e. The molecule has 11 heteroatoms. The van der Waals surface area contributed by atoms with Crippen LogP contribution < -0.4 is 15.8 Å². The van der Waals surface area contributed by atoms with E-state index in [0.29, 0.717) is 0 Å². The van der Waals surface area contributed by atoms with Gasteiger partial charge in [-0.15, -0.1) is 0 Å². The summed E-state index contributed by atoms with van der Waals surface area (Å²) < 4.78 is 44.4. The molecule has 26 heavy (non-hydrogen) atoms. The zero-order valence-corrected chi connectivity index (χ0v) is 13.3. The molecule has 0 unspecified atom stereocenters. The minimum atomic E-state index is -4.62. The Morgan fingerprint density at radius 3 is 2.62 bits per heavy atom. The number of carbonyl (C=O) groups excluding carboxylic acids is 1. The van der Waals surface area contributed by atoms with Gasteiger partial charge < -0.3 is 15.8 Å². The Morgan fingerprint density at radius 2 is 2.08 bits per heavy atom. The molecule has 8 nitrogen and oxygen atoms in total. The Kier molecular flexibility index (Phi) is 5.29. The van der Waals surface area contributed by atoms with Crippen molar-refractivity contribution in [2.24, 2.45) is 5.73 Å². The Bertz CT molecular complexity index is 855. The molecule has 1 aromatic carbocycles. The Balaban J connectivity index is 2.34. The molecule has 0 atom stereocenters. The van der Waals surface area contributed by atoms with E-state index in [1.54, 1.807) is 0 Å². The van der Waals surface area contributed by atoms with Crippen molar-refractivity contribution < 1.29 is 27.6 Å². The van der Waals surface area contributed by atoms with Gasteiger partial charge in [-0.3, -0.25) is 14.9 Å². The highest BCUT2D eigenvalue weighted by atomic mass is 19.4. The summed E-state index contributed by atoms with van der Waals surface area (Å²) in [7, 11) is 1.24. The van der Waals surface area contributed by atoms with Gasteiger partial charge in [0.25, 0.3) is 11.6 Å². The highest BCUT2D eigenvalue weighted by molar-refractivity contribution is 5.98. The van der Waals surface area contributed by atoms with Crippen LogP contribution in [0.15, 0.2) is 30.5 Å². The number of anilines is 1. The van der Waals surface area contributed by atoms with E-state index in [-0.39, 0.29) is 29.2 Å². The van der Waals surface area contributed by atoms with Crippen LogP contribution in [0, 0.1) is 10.1 Å². The Morgan fingerprint density at radius 1 is 1.38 bits per heavy atom. The zero-order chi connectivity index (χ0) is 19.5. The molecule has 2 rings (SSSR count). The molecule has 1 heterocycles. The van der Waals surface area contributed by atoms with Gasteiger partial charge in [-0.25, -0.2) is 4.98 Å². The van der Waals surface area contributed by atoms with Gasteiger partial charge in [0.05, 0.1) is 23.2 Å². The molecule has 1 aromatic heterocycles. The summed E-state index contributed by atoms with van der Waals surface area (Å²) in [6.45, 7) is -0.343. The van der Waals surface area contributed by atoms with Crippen molar-refractivity contribution in [3.63, 3.8) is 0 Å². The second-order valence-electron chi connectivity index (χ2n) is 5.09. The number of nitrogens with two attached hydrogens (primary N) is 1. The summed E-state index contributed by atoms with van der Waals surface area (Å²) in [4.78, 5) is 25.1. The SMILES string of the molecule is COc1ccc(CNc2ncc([N+](=O)[O-])cc2C(N)=O)c(C(F)(F)F)c1. The molecule has 1 amide bonds. The van der Waals surface area contributed by atoms with Crippen LogP contribution in [0.4, 0.5) is 24.7 Å². The van der Waals surface area contributed by atoms with Crippen LogP contribution in [0.2, 0.25) is 0 Å². The van der Waals surface area contributed by atoms with Crippen molar-refractivity contribution in [3.05, 3.63) is 57.3 Å². The van der Waals surface area contributed by atoms with Crippen LogP contribution in [0.1, 0.15) is 21.5 Å². The van der Waals surface area contributed by atoms with E-state index in [0.717, 1.165) is 18.3 Å². The number of alkyl halides is 3. The van der Waals surface area contributed by atoms with E-state index >= 15 is 0 Å². The van der Waals surface area contributed by atoms with Crippen LogP contribution in [0.5, 0.6) is 5.75 Å². The van der Waals surface area contributed by atoms with E-state index in [4.69, 9.17) is 10.5 Å². The fourth-order valence-corrected chi connectivity index (χ4v) is 2.16. The van der Waals surface area contributed by atoms with Crippen LogP contribution in [-0.2, 0) is 12.7 Å². The van der Waals surface area contributed by atoms with Crippen molar-refractivity contribution in [1.82, 2.24) is 4.98 Å². The molecule has 0 aliphatic carbocycles. The number of ether oxygens (including phenoxy) is 1. The molecule has 2 aromatic rings. The van der Waals surface area contributed by atoms with Gasteiger partial charge in [-0.2, -0.15) is 13.2 Å². The number of nitro groups is 1. The number of methoxy groups -OCH3 is 1. The number of hydrogen-bond donors (Lipinski definition) is 2. The third-order valence-corrected chi connectivity index (χ3v) is 3.42. The molecule has 138 valence electrons. The Hall–Kier alpha value is -3.37. The summed E-state index contributed by atoms with van der Waals surface area (Å²) in [5.41, 5.74) is 3.32. The standard InChI is InChI=1S/C15H13F3N4O4/c1-26-10-3-2-8(12(5-10)15(16,17)18)6-20-14-11(13(19)23)4-9(7-21-14)22(24)25/h2-5,7H,6H2,1H3,(H2,19,23)(H,20,21). The summed E-state index contributed by atoms with van der Waals surface area (Å²) in [5.74, 6) is -1.13. The number of primary amides is 1. The Labute approximate surface area is 144 Å². The third-order valence-electron chi connectivity index (χ3n) is 3.42. The van der Waals surface area contributed by atoms with Crippen molar-refractivity contribution in [1.29, 1.82) is 0 Å². The number of nitrogens with zero attached hydrogens (tertiary/aromatic N) is 2. The van der Waals surface area contributed by atoms with E-state index in [9.17, 15) is 28.1 Å². The van der Waals surface area contributed by atoms with Gasteiger partial charge in [0.1, 0.15) is 17.8 Å². The number of amides is 1. The first-order valence-electron chi connectivity index (χ1n) is 7.05. The number of carbonyl (C=O) groups is 1. The molecule has 0 saturated carbocycles. The maximum Gasteiger partial charge on any atom is 0.416 e. The normalized spacial score (nSPS) is 11.1. The average Bonchev–Trinajstić information content (AvgIpc) is 2.58. The van der Waals surface area contributed by atoms with Crippen LogP contribution in [0.3, 0.4) is 0 Å². The first kappa shape index (κ1) is 19.0. The summed E-state index contributed by atoms with van der Waals surface area (Å²) in [6.07, 6.45) is -3.76. The molecule has 0 bridgehead atoms. The van der Waals surface area contributed by atoms with Gasteiger partial charge in [0, 0.05) is 12.6 Å². The van der Waals surface area contributed by atoms with Crippen LogP contribution in [-0.4, -0.2) is 22.9 Å². The number of aromatic nitrogens is 1. The van der Waals surface area contributed by atoms with Gasteiger partial charge >= 0.3 is 6.18 Å². The van der Waals surface area contributed by atoms with E-state index in [1.165, 1.54) is 19.2 Å². The predicted octanol–water partition coefficient (Wildman–Crippen LogP) is 2.73. The summed E-state index contributed by atoms with van der Waals surface area (Å²) in [6, 6.07) is 4.31. The third kappa shape index (κ3) is 4.18. The fourth-order valence-electron chi connectivity index (χ4n) is 2.16. The lowest BCUT2D eigenvalue weighted by molar-refractivity contribution is -0.385. The lowest BCUT2D eigenvalue weighted by Crippen LogP contribution is -2.17. The topological polar surface area (TPSA) is 120 Å². The lowest BCUT2D eigenvalue weighted by Gasteiger charge is -2.15. The van der Waals surface area contributed by atoms with Gasteiger partial charge in [0.15, 0.2) is 0 Å². The van der Waals surface area contributed by atoms with Gasteiger partial charge in [-0.05, 0) is 17.7 Å². The zero-order valence-electron chi connectivity index (χ0n) is 13.3. The molecular formula is C15H13F3N4O4. The van der Waals surface area contributed by atoms with E-state index in [1.807, 2.05) is 0 Å². The molecule has 0 aliphatic rings. The second kappa shape index (κ2) is 7.25. The molecule has 0 fully saturated rings. The van der Waals surface area contributed by atoms with Crippen molar-refractivity contribution in [2.75, 3.05) is 12.4 Å². The monoisotopic (exact) mass is 370 g/mol. The fraction of sp³-hybridized carbons (Fsp3) is 0.200. The molecule has 0 radical (unpaired) electrons. The number of halogens is 3. The van der Waals surface area contributed by atoms with Gasteiger partial charge in [-0.1, -0.05) is 6.07 Å². The van der Waals surface area contributed by atoms with Crippen LogP contribution in [0.25, 0.3) is 0 Å². The van der Waals surface area contributed by atoms with E-state index in [2.05, 4.69) is 10.3 Å². The van der Waals surface area contributed by atoms with Gasteiger partial charge in [0.2, 0.25) is 0 Å². The summed E-state index contributed by atoms with van der Waals surface area (Å²) in [5, 5.41) is 13.3. The minimum absolute atomic E-state index is 0.0346. The number of pyridine rings is 1. The summed E-state index contributed by atoms with van der Waals surface area (Å²) >= 11 is 0. The quantitative estimate of drug-likeness (QED) is 0.596. The second-order valence-corrected chi connectivity index (χ2v) is 5.09. The average molecular weight is 370 g/mol. The lowest BCUT2D eigenvalue weighted by atomic mass is 10.1. The number of benzene rings is 1. The molecule has 0 aliphatic heterocycles. The molecule has 0 saturated heterocycles. The first-order chi connectivity index (χ1) is 12.1. The first-order valence-corrected chi connectivity index (χ1v) is 7.05. The van der Waals surface area contributed by atoms with Crippen molar-refractivity contribution in [2.45, 2.75) is 12.7 Å². The largest absolute Gasteiger partial charge is 0.497 e. The molecule has 3 N–H and O–H groups in total. The van der Waals surface area contributed by atoms with Crippen molar-refractivity contribution >= 4 is 17.4 Å². The molecular weight excluding hydrogens is 357 g/mol. The maximum atomic E-state index is 13.2. The predicted molar refractivity (Wildman–Crippen MR) is 84.7 cm³/mol. The number of rotatable bonds is 6. The van der Waals surface area contributed by atoms with Crippen molar-refractivity contribution in [3.8, 4) is 5.75 Å². The smallest absolute Gasteiger partial charge is 0.416 e.